The molecule has 3 nitrogen and oxygen atoms in total. The Labute approximate surface area is 142 Å². The fraction of sp³-hybridized carbons (Fsp3) is 0.0952. The van der Waals surface area contributed by atoms with Gasteiger partial charge in [0.25, 0.3) is 5.91 Å². The van der Waals surface area contributed by atoms with Gasteiger partial charge in [-0.2, -0.15) is 0 Å². The fourth-order valence-corrected chi connectivity index (χ4v) is 2.20. The van der Waals surface area contributed by atoms with Crippen LogP contribution >= 0.6 is 0 Å². The van der Waals surface area contributed by atoms with Crippen molar-refractivity contribution in [1.29, 1.82) is 0 Å². The van der Waals surface area contributed by atoms with Crippen LogP contribution in [0.15, 0.2) is 84.4 Å². The monoisotopic (exact) mass is 319 g/mol. The Balaban J connectivity index is 2.18. The third-order valence-electron chi connectivity index (χ3n) is 3.42. The molecule has 0 atom stereocenters. The van der Waals surface area contributed by atoms with E-state index in [-0.39, 0.29) is 11.7 Å². The molecular weight excluding hydrogens is 298 g/mol. The number of allylic oxidation sites excluding steroid dienone is 6. The van der Waals surface area contributed by atoms with Crippen molar-refractivity contribution in [3.63, 3.8) is 0 Å². The van der Waals surface area contributed by atoms with E-state index in [4.69, 9.17) is 4.42 Å². The molecule has 0 aliphatic heterocycles. The molecule has 0 aliphatic carbocycles. The standard InChI is InChI=1S/C21H21NO2/c1-4-7-11-17(9-5-2)19-13-14-20(24-19)21(23)22-18-12-8-10-16(6-3)15-18/h4-5,7-15H,1-2,6H2,3H3,(H,22,23)/b11-7-,17-9+. The highest BCUT2D eigenvalue weighted by atomic mass is 16.3. The van der Waals surface area contributed by atoms with Gasteiger partial charge in [0.1, 0.15) is 5.76 Å². The minimum absolute atomic E-state index is 0.258. The number of anilines is 1. The molecule has 2 rings (SSSR count). The van der Waals surface area contributed by atoms with E-state index in [1.54, 1.807) is 30.4 Å². The van der Waals surface area contributed by atoms with Crippen LogP contribution < -0.4 is 5.32 Å². The van der Waals surface area contributed by atoms with Gasteiger partial charge in [-0.05, 0) is 36.2 Å². The van der Waals surface area contributed by atoms with E-state index in [0.717, 1.165) is 17.7 Å². The number of benzene rings is 1. The molecule has 0 bridgehead atoms. The van der Waals surface area contributed by atoms with E-state index in [1.165, 1.54) is 5.56 Å². The molecule has 1 aromatic carbocycles. The fourth-order valence-electron chi connectivity index (χ4n) is 2.20. The highest BCUT2D eigenvalue weighted by Gasteiger charge is 2.13. The molecule has 1 N–H and O–H groups in total. The van der Waals surface area contributed by atoms with Crippen LogP contribution in [0.2, 0.25) is 0 Å². The van der Waals surface area contributed by atoms with E-state index in [0.29, 0.717) is 5.76 Å². The minimum atomic E-state index is -0.278. The number of amides is 1. The Bertz CT molecular complexity index is 794. The van der Waals surface area contributed by atoms with Gasteiger partial charge in [0, 0.05) is 11.3 Å². The number of carbonyl (C=O) groups is 1. The van der Waals surface area contributed by atoms with Gasteiger partial charge >= 0.3 is 0 Å². The van der Waals surface area contributed by atoms with Crippen molar-refractivity contribution in [2.75, 3.05) is 5.32 Å². The Morgan fingerprint density at radius 1 is 1.17 bits per heavy atom. The summed E-state index contributed by atoms with van der Waals surface area (Å²) in [6.07, 6.45) is 9.72. The first-order chi connectivity index (χ1) is 11.7. The largest absolute Gasteiger partial charge is 0.451 e. The summed E-state index contributed by atoms with van der Waals surface area (Å²) in [4.78, 5) is 12.3. The predicted molar refractivity (Wildman–Crippen MR) is 100.0 cm³/mol. The highest BCUT2D eigenvalue weighted by molar-refractivity contribution is 6.02. The Hall–Kier alpha value is -3.07. The molecule has 0 saturated heterocycles. The van der Waals surface area contributed by atoms with Crippen LogP contribution in [-0.4, -0.2) is 5.91 Å². The lowest BCUT2D eigenvalue weighted by atomic mass is 10.1. The van der Waals surface area contributed by atoms with Crippen molar-refractivity contribution in [3.8, 4) is 0 Å². The van der Waals surface area contributed by atoms with Gasteiger partial charge in [-0.3, -0.25) is 4.79 Å². The van der Waals surface area contributed by atoms with Gasteiger partial charge in [0.2, 0.25) is 0 Å². The summed E-state index contributed by atoms with van der Waals surface area (Å²) < 4.78 is 5.67. The zero-order valence-electron chi connectivity index (χ0n) is 13.8. The van der Waals surface area contributed by atoms with Gasteiger partial charge in [-0.15, -0.1) is 0 Å². The van der Waals surface area contributed by atoms with Crippen molar-refractivity contribution in [3.05, 3.63) is 97.0 Å². The summed E-state index contributed by atoms with van der Waals surface area (Å²) in [6.45, 7) is 9.41. The second-order valence-corrected chi connectivity index (χ2v) is 5.12. The maximum atomic E-state index is 12.3. The van der Waals surface area contributed by atoms with Crippen molar-refractivity contribution < 1.29 is 9.21 Å². The summed E-state index contributed by atoms with van der Waals surface area (Å²) in [6, 6.07) is 11.2. The topological polar surface area (TPSA) is 42.2 Å². The van der Waals surface area contributed by atoms with Crippen LogP contribution in [0.3, 0.4) is 0 Å². The van der Waals surface area contributed by atoms with Crippen molar-refractivity contribution in [1.82, 2.24) is 0 Å². The first-order valence-corrected chi connectivity index (χ1v) is 7.80. The SMILES string of the molecule is C=C/C=C\C(=C/C=C)c1ccc(C(=O)Nc2cccc(CC)c2)o1. The smallest absolute Gasteiger partial charge is 0.291 e. The molecule has 0 fully saturated rings. The van der Waals surface area contributed by atoms with E-state index >= 15 is 0 Å². The molecule has 1 aromatic heterocycles. The second-order valence-electron chi connectivity index (χ2n) is 5.12. The average Bonchev–Trinajstić information content (AvgIpc) is 3.09. The Morgan fingerprint density at radius 3 is 2.67 bits per heavy atom. The molecule has 0 saturated carbocycles. The molecule has 2 aromatic rings. The number of furan rings is 1. The average molecular weight is 319 g/mol. The number of aryl methyl sites for hydroxylation is 1. The molecule has 0 radical (unpaired) electrons. The molecule has 0 aliphatic rings. The summed E-state index contributed by atoms with van der Waals surface area (Å²) in [5, 5.41) is 2.85. The molecular formula is C21H21NO2. The first kappa shape index (κ1) is 17.3. The Kier molecular flexibility index (Phi) is 6.15. The van der Waals surface area contributed by atoms with Gasteiger partial charge in [-0.25, -0.2) is 0 Å². The normalized spacial score (nSPS) is 11.5. The van der Waals surface area contributed by atoms with Gasteiger partial charge in [-0.1, -0.05) is 62.6 Å². The van der Waals surface area contributed by atoms with Gasteiger partial charge < -0.3 is 9.73 Å². The van der Waals surface area contributed by atoms with E-state index < -0.39 is 0 Å². The molecule has 24 heavy (non-hydrogen) atoms. The quantitative estimate of drug-likeness (QED) is 0.694. The maximum absolute atomic E-state index is 12.3. The van der Waals surface area contributed by atoms with Crippen LogP contribution in [0.4, 0.5) is 5.69 Å². The van der Waals surface area contributed by atoms with Crippen molar-refractivity contribution in [2.45, 2.75) is 13.3 Å². The molecule has 1 heterocycles. The molecule has 3 heteroatoms. The van der Waals surface area contributed by atoms with Crippen LogP contribution in [0, 0.1) is 0 Å². The maximum Gasteiger partial charge on any atom is 0.291 e. The number of carbonyl (C=O) groups excluding carboxylic acids is 1. The third-order valence-corrected chi connectivity index (χ3v) is 3.42. The zero-order chi connectivity index (χ0) is 17.4. The summed E-state index contributed by atoms with van der Waals surface area (Å²) in [7, 11) is 0. The summed E-state index contributed by atoms with van der Waals surface area (Å²) in [5.41, 5.74) is 2.74. The van der Waals surface area contributed by atoms with Gasteiger partial charge in [0.15, 0.2) is 5.76 Å². The van der Waals surface area contributed by atoms with Gasteiger partial charge in [0.05, 0.1) is 0 Å². The van der Waals surface area contributed by atoms with Crippen molar-refractivity contribution in [2.24, 2.45) is 0 Å². The lowest BCUT2D eigenvalue weighted by molar-refractivity contribution is 0.0996. The molecule has 122 valence electrons. The number of hydrogen-bond acceptors (Lipinski definition) is 2. The van der Waals surface area contributed by atoms with E-state index in [1.807, 2.05) is 36.4 Å². The molecule has 0 unspecified atom stereocenters. The lowest BCUT2D eigenvalue weighted by Crippen LogP contribution is -2.10. The van der Waals surface area contributed by atoms with Crippen LogP contribution in [0.1, 0.15) is 28.8 Å². The summed E-state index contributed by atoms with van der Waals surface area (Å²) in [5.74, 6) is 0.578. The minimum Gasteiger partial charge on any atom is -0.451 e. The second kappa shape index (κ2) is 8.53. The highest BCUT2D eigenvalue weighted by Crippen LogP contribution is 2.21. The molecule has 1 amide bonds. The predicted octanol–water partition coefficient (Wildman–Crippen LogP) is 5.41. The number of hydrogen-bond donors (Lipinski definition) is 1. The van der Waals surface area contributed by atoms with Crippen molar-refractivity contribution >= 4 is 17.2 Å². The molecule has 0 spiro atoms. The van der Waals surface area contributed by atoms with Crippen LogP contribution in [-0.2, 0) is 6.42 Å². The van der Waals surface area contributed by atoms with E-state index in [2.05, 4.69) is 25.4 Å². The van der Waals surface area contributed by atoms with Crippen LogP contribution in [0.5, 0.6) is 0 Å². The first-order valence-electron chi connectivity index (χ1n) is 7.80. The number of rotatable bonds is 7. The van der Waals surface area contributed by atoms with E-state index in [9.17, 15) is 4.79 Å². The number of nitrogens with one attached hydrogen (secondary N) is 1. The lowest BCUT2D eigenvalue weighted by Gasteiger charge is -2.05. The zero-order valence-corrected chi connectivity index (χ0v) is 13.8. The summed E-state index contributed by atoms with van der Waals surface area (Å²) >= 11 is 0. The Morgan fingerprint density at radius 2 is 1.96 bits per heavy atom. The third kappa shape index (κ3) is 4.46. The van der Waals surface area contributed by atoms with Crippen LogP contribution in [0.25, 0.3) is 5.57 Å².